The summed E-state index contributed by atoms with van der Waals surface area (Å²) in [7, 11) is 2.98. The first kappa shape index (κ1) is 19.8. The van der Waals surface area contributed by atoms with Crippen LogP contribution in [0.1, 0.15) is 49.4 Å². The van der Waals surface area contributed by atoms with Gasteiger partial charge in [0.2, 0.25) is 0 Å². The van der Waals surface area contributed by atoms with Gasteiger partial charge in [-0.3, -0.25) is 4.79 Å². The number of amides is 1. The van der Waals surface area contributed by atoms with E-state index in [-0.39, 0.29) is 11.5 Å². The Bertz CT molecular complexity index is 668. The van der Waals surface area contributed by atoms with Crippen LogP contribution in [0.4, 0.5) is 0 Å². The molecule has 0 spiro atoms. The van der Waals surface area contributed by atoms with E-state index in [4.69, 9.17) is 14.2 Å². The molecule has 26 heavy (non-hydrogen) atoms. The van der Waals surface area contributed by atoms with Crippen molar-refractivity contribution in [1.29, 1.82) is 0 Å². The van der Waals surface area contributed by atoms with Crippen molar-refractivity contribution >= 4 is 11.9 Å². The average Bonchev–Trinajstić information content (AvgIpc) is 2.68. The second-order valence-corrected chi connectivity index (χ2v) is 6.26. The molecule has 142 valence electrons. The highest BCUT2D eigenvalue weighted by molar-refractivity contribution is 5.95. The highest BCUT2D eigenvalue weighted by atomic mass is 16.5. The molecule has 0 fully saturated rings. The van der Waals surface area contributed by atoms with Gasteiger partial charge < -0.3 is 19.5 Å². The van der Waals surface area contributed by atoms with Gasteiger partial charge in [-0.15, -0.1) is 0 Å². The highest BCUT2D eigenvalue weighted by Gasteiger charge is 2.22. The maximum atomic E-state index is 12.4. The Kier molecular flexibility index (Phi) is 7.51. The summed E-state index contributed by atoms with van der Waals surface area (Å²) in [5.74, 6) is -0.0572. The number of carbonyl (C=O) groups is 2. The molecule has 1 unspecified atom stereocenters. The first-order chi connectivity index (χ1) is 12.5. The first-order valence-electron chi connectivity index (χ1n) is 8.93. The summed E-state index contributed by atoms with van der Waals surface area (Å²) in [5.41, 5.74) is 1.61. The van der Waals surface area contributed by atoms with E-state index >= 15 is 0 Å². The van der Waals surface area contributed by atoms with Crippen LogP contribution >= 0.6 is 0 Å². The number of benzene rings is 1. The van der Waals surface area contributed by atoms with Gasteiger partial charge in [-0.1, -0.05) is 11.6 Å². The molecular formula is C20H27NO5. The Morgan fingerprint density at radius 1 is 1.19 bits per heavy atom. The normalized spacial score (nSPS) is 14.8. The van der Waals surface area contributed by atoms with Crippen LogP contribution in [0.15, 0.2) is 29.8 Å². The van der Waals surface area contributed by atoms with E-state index in [2.05, 4.69) is 11.4 Å². The molecule has 1 N–H and O–H groups in total. The summed E-state index contributed by atoms with van der Waals surface area (Å²) in [5, 5.41) is 2.82. The summed E-state index contributed by atoms with van der Waals surface area (Å²) >= 11 is 0. The van der Waals surface area contributed by atoms with E-state index in [1.165, 1.54) is 38.7 Å². The number of esters is 1. The van der Waals surface area contributed by atoms with Gasteiger partial charge in [0.15, 0.2) is 6.10 Å². The fraction of sp³-hybridized carbons (Fsp3) is 0.500. The molecule has 0 bridgehead atoms. The van der Waals surface area contributed by atoms with Crippen molar-refractivity contribution in [2.75, 3.05) is 20.8 Å². The molecule has 0 aliphatic heterocycles. The Balaban J connectivity index is 1.87. The third kappa shape index (κ3) is 5.51. The quantitative estimate of drug-likeness (QED) is 0.568. The second-order valence-electron chi connectivity index (χ2n) is 6.26. The van der Waals surface area contributed by atoms with Gasteiger partial charge in [0.1, 0.15) is 17.1 Å². The SMILES string of the molecule is COc1ccc(OC)c(C(=O)OC(C)C(=O)NCCC2=CCCCC2)c1. The molecule has 1 atom stereocenters. The van der Waals surface area contributed by atoms with E-state index < -0.39 is 12.1 Å². The monoisotopic (exact) mass is 361 g/mol. The lowest BCUT2D eigenvalue weighted by Gasteiger charge is -2.16. The molecule has 0 saturated carbocycles. The Morgan fingerprint density at radius 2 is 2.00 bits per heavy atom. The summed E-state index contributed by atoms with van der Waals surface area (Å²) in [6, 6.07) is 4.84. The molecule has 0 saturated heterocycles. The maximum absolute atomic E-state index is 12.4. The number of hydrogen-bond donors (Lipinski definition) is 1. The molecule has 0 heterocycles. The van der Waals surface area contributed by atoms with Crippen molar-refractivity contribution in [3.05, 3.63) is 35.4 Å². The van der Waals surface area contributed by atoms with E-state index in [0.29, 0.717) is 18.0 Å². The van der Waals surface area contributed by atoms with E-state index in [0.717, 1.165) is 19.3 Å². The summed E-state index contributed by atoms with van der Waals surface area (Å²) in [6.45, 7) is 2.11. The summed E-state index contributed by atoms with van der Waals surface area (Å²) in [4.78, 5) is 24.5. The number of hydrogen-bond acceptors (Lipinski definition) is 5. The minimum Gasteiger partial charge on any atom is -0.497 e. The lowest BCUT2D eigenvalue weighted by Crippen LogP contribution is -2.36. The Hall–Kier alpha value is -2.50. The lowest BCUT2D eigenvalue weighted by molar-refractivity contribution is -0.129. The minimum absolute atomic E-state index is 0.221. The fourth-order valence-corrected chi connectivity index (χ4v) is 2.87. The zero-order valence-corrected chi connectivity index (χ0v) is 15.7. The standard InChI is InChI=1S/C20H27NO5/c1-14(19(22)21-12-11-15-7-5-4-6-8-15)26-20(23)17-13-16(24-2)9-10-18(17)25-3/h7,9-10,13-14H,4-6,8,11-12H2,1-3H3,(H,21,22). The van der Waals surface area contributed by atoms with Crippen molar-refractivity contribution in [3.63, 3.8) is 0 Å². The molecule has 0 aromatic heterocycles. The average molecular weight is 361 g/mol. The van der Waals surface area contributed by atoms with Gasteiger partial charge in [0, 0.05) is 6.54 Å². The van der Waals surface area contributed by atoms with Crippen molar-refractivity contribution in [2.24, 2.45) is 0 Å². The third-order valence-corrected chi connectivity index (χ3v) is 4.41. The molecule has 1 amide bonds. The fourth-order valence-electron chi connectivity index (χ4n) is 2.87. The van der Waals surface area contributed by atoms with Gasteiger partial charge in [0.25, 0.3) is 5.91 Å². The van der Waals surface area contributed by atoms with Crippen LogP contribution in [0, 0.1) is 0 Å². The number of nitrogens with one attached hydrogen (secondary N) is 1. The van der Waals surface area contributed by atoms with E-state index in [1.54, 1.807) is 19.1 Å². The van der Waals surface area contributed by atoms with Crippen molar-refractivity contribution in [3.8, 4) is 11.5 Å². The topological polar surface area (TPSA) is 73.9 Å². The number of rotatable bonds is 8. The smallest absolute Gasteiger partial charge is 0.342 e. The van der Waals surface area contributed by atoms with Gasteiger partial charge >= 0.3 is 5.97 Å². The predicted octanol–water partition coefficient (Wildman–Crippen LogP) is 3.26. The summed E-state index contributed by atoms with van der Waals surface area (Å²) < 4.78 is 15.6. The molecular weight excluding hydrogens is 334 g/mol. The Morgan fingerprint density at radius 3 is 2.65 bits per heavy atom. The van der Waals surface area contributed by atoms with E-state index in [9.17, 15) is 9.59 Å². The number of ether oxygens (including phenoxy) is 3. The number of carbonyl (C=O) groups excluding carboxylic acids is 2. The molecule has 6 heteroatoms. The van der Waals surface area contributed by atoms with Gasteiger partial charge in [-0.25, -0.2) is 4.79 Å². The predicted molar refractivity (Wildman–Crippen MR) is 98.6 cm³/mol. The molecule has 1 aliphatic rings. The summed E-state index contributed by atoms with van der Waals surface area (Å²) in [6.07, 6.45) is 6.91. The molecule has 1 aliphatic carbocycles. The van der Waals surface area contributed by atoms with Crippen LogP contribution in [0.5, 0.6) is 11.5 Å². The van der Waals surface area contributed by atoms with Crippen molar-refractivity contribution in [1.82, 2.24) is 5.32 Å². The van der Waals surface area contributed by atoms with Gasteiger partial charge in [-0.05, 0) is 57.2 Å². The number of allylic oxidation sites excluding steroid dienone is 1. The van der Waals surface area contributed by atoms with Crippen LogP contribution in [0.3, 0.4) is 0 Å². The lowest BCUT2D eigenvalue weighted by atomic mass is 9.97. The minimum atomic E-state index is -0.890. The molecule has 6 nitrogen and oxygen atoms in total. The second kappa shape index (κ2) is 9.85. The van der Waals surface area contributed by atoms with Crippen molar-refractivity contribution < 1.29 is 23.8 Å². The molecule has 1 aromatic carbocycles. The van der Waals surface area contributed by atoms with Crippen LogP contribution in [0.2, 0.25) is 0 Å². The molecule has 0 radical (unpaired) electrons. The third-order valence-electron chi connectivity index (χ3n) is 4.41. The number of methoxy groups -OCH3 is 2. The van der Waals surface area contributed by atoms with Crippen LogP contribution < -0.4 is 14.8 Å². The van der Waals surface area contributed by atoms with E-state index in [1.807, 2.05) is 0 Å². The first-order valence-corrected chi connectivity index (χ1v) is 8.93. The molecule has 1 aromatic rings. The van der Waals surface area contributed by atoms with Crippen molar-refractivity contribution in [2.45, 2.75) is 45.1 Å². The van der Waals surface area contributed by atoms with Gasteiger partial charge in [0.05, 0.1) is 14.2 Å². The Labute approximate surface area is 154 Å². The largest absolute Gasteiger partial charge is 0.497 e. The van der Waals surface area contributed by atoms with Crippen LogP contribution in [-0.4, -0.2) is 38.7 Å². The molecule has 2 rings (SSSR count). The highest BCUT2D eigenvalue weighted by Crippen LogP contribution is 2.25. The van der Waals surface area contributed by atoms with Crippen LogP contribution in [0.25, 0.3) is 0 Å². The van der Waals surface area contributed by atoms with Crippen LogP contribution in [-0.2, 0) is 9.53 Å². The van der Waals surface area contributed by atoms with Gasteiger partial charge in [-0.2, -0.15) is 0 Å². The maximum Gasteiger partial charge on any atom is 0.342 e. The zero-order valence-electron chi connectivity index (χ0n) is 15.7. The zero-order chi connectivity index (χ0) is 18.9.